The second-order valence-corrected chi connectivity index (χ2v) is 7.13. The van der Waals surface area contributed by atoms with Crippen LogP contribution in [0, 0.1) is 13.8 Å². The van der Waals surface area contributed by atoms with E-state index >= 15 is 0 Å². The van der Waals surface area contributed by atoms with Crippen molar-refractivity contribution in [1.29, 1.82) is 0 Å². The first-order valence-corrected chi connectivity index (χ1v) is 9.24. The van der Waals surface area contributed by atoms with Crippen LogP contribution in [0.2, 0.25) is 0 Å². The molecule has 3 rings (SSSR count). The number of hydrogen-bond acceptors (Lipinski definition) is 4. The summed E-state index contributed by atoms with van der Waals surface area (Å²) in [7, 11) is 1.67. The summed E-state index contributed by atoms with van der Waals surface area (Å²) in [6, 6.07) is 8.29. The first kappa shape index (κ1) is 17.9. The van der Waals surface area contributed by atoms with E-state index in [-0.39, 0.29) is 11.9 Å². The van der Waals surface area contributed by atoms with Gasteiger partial charge in [0.1, 0.15) is 17.3 Å². The van der Waals surface area contributed by atoms with Crippen LogP contribution in [-0.4, -0.2) is 32.1 Å². The van der Waals surface area contributed by atoms with E-state index < -0.39 is 0 Å². The van der Waals surface area contributed by atoms with Crippen molar-refractivity contribution in [3.05, 3.63) is 45.8 Å². The smallest absolute Gasteiger partial charge is 0.256 e. The number of benzene rings is 1. The van der Waals surface area contributed by atoms with Gasteiger partial charge in [0, 0.05) is 24.8 Å². The van der Waals surface area contributed by atoms with Gasteiger partial charge in [-0.2, -0.15) is 0 Å². The quantitative estimate of drug-likeness (QED) is 0.831. The summed E-state index contributed by atoms with van der Waals surface area (Å²) < 4.78 is 11.5. The third kappa shape index (κ3) is 3.84. The van der Waals surface area contributed by atoms with Crippen molar-refractivity contribution in [1.82, 2.24) is 5.32 Å². The average molecular weight is 407 g/mol. The highest BCUT2D eigenvalue weighted by Crippen LogP contribution is 2.28. The number of rotatable bonds is 4. The van der Waals surface area contributed by atoms with Gasteiger partial charge in [0.2, 0.25) is 0 Å². The van der Waals surface area contributed by atoms with Crippen molar-refractivity contribution in [2.24, 2.45) is 0 Å². The number of hydrogen-bond donors (Lipinski definition) is 1. The Labute approximate surface area is 156 Å². The molecule has 25 heavy (non-hydrogen) atoms. The number of furan rings is 1. The number of amides is 1. The first-order valence-electron chi connectivity index (χ1n) is 8.45. The SMILES string of the molecule is COc1ccc(N2CCC(NC(=O)c3c(C)oc(C)c3Br)CC2)cc1. The zero-order chi connectivity index (χ0) is 18.0. The molecule has 2 heterocycles. The van der Waals surface area contributed by atoms with Crippen molar-refractivity contribution >= 4 is 27.5 Å². The Balaban J connectivity index is 1.58. The number of ether oxygens (including phenoxy) is 1. The molecule has 0 unspecified atom stereocenters. The van der Waals surface area contributed by atoms with E-state index in [1.165, 1.54) is 5.69 Å². The van der Waals surface area contributed by atoms with Gasteiger partial charge in [0.05, 0.1) is 17.1 Å². The van der Waals surface area contributed by atoms with Crippen LogP contribution in [0.5, 0.6) is 5.75 Å². The second-order valence-electron chi connectivity index (χ2n) is 6.34. The van der Waals surface area contributed by atoms with Crippen LogP contribution in [0.3, 0.4) is 0 Å². The molecule has 0 aliphatic carbocycles. The van der Waals surface area contributed by atoms with Gasteiger partial charge in [-0.1, -0.05) is 0 Å². The maximum atomic E-state index is 12.6. The predicted molar refractivity (Wildman–Crippen MR) is 102 cm³/mol. The second kappa shape index (κ2) is 7.52. The highest BCUT2D eigenvalue weighted by molar-refractivity contribution is 9.10. The number of piperidine rings is 1. The molecule has 134 valence electrons. The molecule has 1 aromatic carbocycles. The van der Waals surface area contributed by atoms with Crippen molar-refractivity contribution in [2.75, 3.05) is 25.1 Å². The summed E-state index contributed by atoms with van der Waals surface area (Å²) in [5, 5.41) is 3.14. The van der Waals surface area contributed by atoms with Gasteiger partial charge >= 0.3 is 0 Å². The number of nitrogens with one attached hydrogen (secondary N) is 1. The number of methoxy groups -OCH3 is 1. The van der Waals surface area contributed by atoms with Crippen LogP contribution in [-0.2, 0) is 0 Å². The fraction of sp³-hybridized carbons (Fsp3) is 0.421. The predicted octanol–water partition coefficient (Wildman–Crippen LogP) is 4.07. The van der Waals surface area contributed by atoms with Gasteiger partial charge in [0.25, 0.3) is 5.91 Å². The third-order valence-corrected chi connectivity index (χ3v) is 5.64. The van der Waals surface area contributed by atoms with Crippen molar-refractivity contribution in [2.45, 2.75) is 32.7 Å². The highest BCUT2D eigenvalue weighted by atomic mass is 79.9. The standard InChI is InChI=1S/C19H23BrN2O3/c1-12-17(18(20)13(2)25-12)19(23)21-14-8-10-22(11-9-14)15-4-6-16(24-3)7-5-15/h4-7,14H,8-11H2,1-3H3,(H,21,23). The number of aryl methyl sites for hydroxylation is 2. The van der Waals surface area contributed by atoms with E-state index in [4.69, 9.17) is 9.15 Å². The number of carbonyl (C=O) groups is 1. The molecular formula is C19H23BrN2O3. The lowest BCUT2D eigenvalue weighted by molar-refractivity contribution is 0.0929. The van der Waals surface area contributed by atoms with Crippen LogP contribution in [0.25, 0.3) is 0 Å². The Morgan fingerprint density at radius 2 is 1.84 bits per heavy atom. The van der Waals surface area contributed by atoms with Gasteiger partial charge in [0.15, 0.2) is 0 Å². The van der Waals surface area contributed by atoms with E-state index in [9.17, 15) is 4.79 Å². The minimum Gasteiger partial charge on any atom is -0.497 e. The summed E-state index contributed by atoms with van der Waals surface area (Å²) in [5.74, 6) is 2.18. The average Bonchev–Trinajstić information content (AvgIpc) is 2.88. The Kier molecular flexibility index (Phi) is 5.37. The molecule has 0 bridgehead atoms. The molecular weight excluding hydrogens is 384 g/mol. The minimum absolute atomic E-state index is 0.0656. The summed E-state index contributed by atoms with van der Waals surface area (Å²) in [6.45, 7) is 5.50. The number of anilines is 1. The highest BCUT2D eigenvalue weighted by Gasteiger charge is 2.25. The molecule has 0 spiro atoms. The summed E-state index contributed by atoms with van der Waals surface area (Å²) in [5.41, 5.74) is 1.80. The van der Waals surface area contributed by atoms with Crippen molar-refractivity contribution < 1.29 is 13.9 Å². The topological polar surface area (TPSA) is 54.7 Å². The van der Waals surface area contributed by atoms with Crippen LogP contribution < -0.4 is 15.0 Å². The molecule has 1 aromatic heterocycles. The van der Waals surface area contributed by atoms with Crippen LogP contribution in [0.4, 0.5) is 5.69 Å². The Hall–Kier alpha value is -1.95. The third-order valence-electron chi connectivity index (χ3n) is 4.68. The molecule has 2 aromatic rings. The molecule has 5 nitrogen and oxygen atoms in total. The van der Waals surface area contributed by atoms with Gasteiger partial charge in [-0.15, -0.1) is 0 Å². The fourth-order valence-corrected chi connectivity index (χ4v) is 3.79. The number of carbonyl (C=O) groups excluding carboxylic acids is 1. The number of halogens is 1. The van der Waals surface area contributed by atoms with Crippen molar-refractivity contribution in [3.63, 3.8) is 0 Å². The lowest BCUT2D eigenvalue weighted by atomic mass is 10.0. The fourth-order valence-electron chi connectivity index (χ4n) is 3.25. The molecule has 1 aliphatic heterocycles. The minimum atomic E-state index is -0.0656. The van der Waals surface area contributed by atoms with Crippen molar-refractivity contribution in [3.8, 4) is 5.75 Å². The Morgan fingerprint density at radius 3 is 2.36 bits per heavy atom. The van der Waals surface area contributed by atoms with Gasteiger partial charge in [-0.05, 0) is 66.9 Å². The molecule has 6 heteroatoms. The van der Waals surface area contributed by atoms with E-state index in [2.05, 4.69) is 38.3 Å². The molecule has 0 saturated carbocycles. The molecule has 1 saturated heterocycles. The van der Waals surface area contributed by atoms with E-state index in [0.717, 1.165) is 41.9 Å². The summed E-state index contributed by atoms with van der Waals surface area (Å²) in [6.07, 6.45) is 1.84. The summed E-state index contributed by atoms with van der Waals surface area (Å²) in [4.78, 5) is 14.9. The lowest BCUT2D eigenvalue weighted by Gasteiger charge is -2.34. The maximum absolute atomic E-state index is 12.6. The van der Waals surface area contributed by atoms with Gasteiger partial charge in [-0.25, -0.2) is 0 Å². The molecule has 1 aliphatic rings. The van der Waals surface area contributed by atoms with E-state index in [1.54, 1.807) is 7.11 Å². The van der Waals surface area contributed by atoms with Gasteiger partial charge < -0.3 is 19.4 Å². The van der Waals surface area contributed by atoms with Gasteiger partial charge in [-0.3, -0.25) is 4.79 Å². The zero-order valence-electron chi connectivity index (χ0n) is 14.8. The van der Waals surface area contributed by atoms with Crippen LogP contribution in [0.1, 0.15) is 34.7 Å². The van der Waals surface area contributed by atoms with Crippen LogP contribution in [0.15, 0.2) is 33.2 Å². The normalized spacial score (nSPS) is 15.3. The largest absolute Gasteiger partial charge is 0.497 e. The molecule has 1 amide bonds. The zero-order valence-corrected chi connectivity index (χ0v) is 16.4. The molecule has 1 N–H and O–H groups in total. The molecule has 0 atom stereocenters. The maximum Gasteiger partial charge on any atom is 0.256 e. The monoisotopic (exact) mass is 406 g/mol. The number of nitrogens with zero attached hydrogens (tertiary/aromatic N) is 1. The van der Waals surface area contributed by atoms with Crippen LogP contribution >= 0.6 is 15.9 Å². The Bertz CT molecular complexity index is 747. The molecule has 1 fully saturated rings. The Morgan fingerprint density at radius 1 is 1.20 bits per heavy atom. The summed E-state index contributed by atoms with van der Waals surface area (Å²) >= 11 is 3.45. The van der Waals surface area contributed by atoms with E-state index in [0.29, 0.717) is 11.3 Å². The lowest BCUT2D eigenvalue weighted by Crippen LogP contribution is -2.44. The van der Waals surface area contributed by atoms with E-state index in [1.807, 2.05) is 26.0 Å². The first-order chi connectivity index (χ1) is 12.0. The molecule has 0 radical (unpaired) electrons.